The maximum absolute atomic E-state index is 12.9. The van der Waals surface area contributed by atoms with Gasteiger partial charge < -0.3 is 10.5 Å². The highest BCUT2D eigenvalue weighted by atomic mass is 16.5. The van der Waals surface area contributed by atoms with Crippen LogP contribution in [0.4, 0.5) is 0 Å². The number of carbonyl (C=O) groups excluding carboxylic acids is 1. The monoisotopic (exact) mass is 401 g/mol. The van der Waals surface area contributed by atoms with Gasteiger partial charge in [-0.3, -0.25) is 10.2 Å². The van der Waals surface area contributed by atoms with Crippen LogP contribution in [0.1, 0.15) is 49.3 Å². The van der Waals surface area contributed by atoms with Gasteiger partial charge in [-0.15, -0.1) is 0 Å². The lowest BCUT2D eigenvalue weighted by Gasteiger charge is -2.27. The summed E-state index contributed by atoms with van der Waals surface area (Å²) in [5.74, 6) is -0.0655. The topological polar surface area (TPSA) is 89.1 Å². The van der Waals surface area contributed by atoms with Gasteiger partial charge in [-0.25, -0.2) is 4.98 Å². The molecule has 0 amide bonds. The summed E-state index contributed by atoms with van der Waals surface area (Å²) in [7, 11) is 0. The van der Waals surface area contributed by atoms with E-state index in [2.05, 4.69) is 31.2 Å². The molecule has 154 valence electrons. The van der Waals surface area contributed by atoms with E-state index in [-0.39, 0.29) is 11.8 Å². The zero-order valence-electron chi connectivity index (χ0n) is 17.5. The summed E-state index contributed by atoms with van der Waals surface area (Å²) >= 11 is 0. The van der Waals surface area contributed by atoms with Crippen LogP contribution in [0, 0.1) is 12.3 Å². The molecule has 0 radical (unpaired) electrons. The molecule has 1 aromatic heterocycles. The highest BCUT2D eigenvalue weighted by Gasteiger charge is 2.44. The first-order valence-electron chi connectivity index (χ1n) is 10.5. The summed E-state index contributed by atoms with van der Waals surface area (Å²) in [6.45, 7) is 4.33. The average molecular weight is 402 g/mol. The number of hydrogen-bond acceptors (Lipinski definition) is 4. The largest absolute Gasteiger partial charge is 0.465 e. The molecule has 5 heteroatoms. The van der Waals surface area contributed by atoms with Crippen molar-refractivity contribution in [1.82, 2.24) is 4.98 Å². The van der Waals surface area contributed by atoms with E-state index in [4.69, 9.17) is 20.9 Å². The minimum Gasteiger partial charge on any atom is -0.465 e. The number of nitrogens with one attached hydrogen (secondary N) is 1. The predicted octanol–water partition coefficient (Wildman–Crippen LogP) is 4.87. The van der Waals surface area contributed by atoms with Gasteiger partial charge in [-0.2, -0.15) is 0 Å². The normalized spacial score (nSPS) is 15.3. The second-order valence-electron chi connectivity index (χ2n) is 8.06. The van der Waals surface area contributed by atoms with Crippen LogP contribution >= 0.6 is 0 Å². The molecule has 3 aromatic rings. The first-order chi connectivity index (χ1) is 14.4. The first-order valence-corrected chi connectivity index (χ1v) is 10.5. The van der Waals surface area contributed by atoms with E-state index in [1.807, 2.05) is 31.2 Å². The molecule has 2 aromatic carbocycles. The van der Waals surface area contributed by atoms with E-state index < -0.39 is 5.41 Å². The summed E-state index contributed by atoms with van der Waals surface area (Å²) in [5.41, 5.74) is 10.6. The molecule has 3 N–H and O–H groups in total. The van der Waals surface area contributed by atoms with Crippen molar-refractivity contribution in [2.24, 2.45) is 5.73 Å². The number of ether oxygens (including phenoxy) is 1. The Morgan fingerprint density at radius 3 is 2.47 bits per heavy atom. The van der Waals surface area contributed by atoms with Crippen molar-refractivity contribution in [3.05, 3.63) is 65.2 Å². The van der Waals surface area contributed by atoms with Crippen LogP contribution in [0.5, 0.6) is 0 Å². The second kappa shape index (κ2) is 7.90. The molecule has 1 fully saturated rings. The van der Waals surface area contributed by atoms with Crippen LogP contribution in [0.2, 0.25) is 0 Å². The van der Waals surface area contributed by atoms with Crippen LogP contribution in [0.15, 0.2) is 48.5 Å². The molecule has 1 saturated carbocycles. The zero-order chi connectivity index (χ0) is 21.3. The maximum atomic E-state index is 12.9. The molecule has 0 unspecified atom stereocenters. The fourth-order valence-electron chi connectivity index (χ4n) is 4.53. The van der Waals surface area contributed by atoms with Crippen molar-refractivity contribution in [3.63, 3.8) is 0 Å². The Labute approximate surface area is 176 Å². The molecular weight excluding hydrogens is 374 g/mol. The fraction of sp³-hybridized carbons (Fsp3) is 0.320. The lowest BCUT2D eigenvalue weighted by atomic mass is 9.78. The van der Waals surface area contributed by atoms with E-state index in [1.165, 1.54) is 0 Å². The van der Waals surface area contributed by atoms with Gasteiger partial charge in [0, 0.05) is 16.5 Å². The van der Waals surface area contributed by atoms with Crippen LogP contribution in [-0.4, -0.2) is 23.4 Å². The number of rotatable bonds is 5. The van der Waals surface area contributed by atoms with Gasteiger partial charge in [0.15, 0.2) is 0 Å². The predicted molar refractivity (Wildman–Crippen MR) is 120 cm³/mol. The number of amidine groups is 1. The third-order valence-corrected chi connectivity index (χ3v) is 6.18. The summed E-state index contributed by atoms with van der Waals surface area (Å²) in [6, 6.07) is 15.8. The van der Waals surface area contributed by atoms with Crippen LogP contribution in [-0.2, 0) is 14.9 Å². The zero-order valence-corrected chi connectivity index (χ0v) is 17.5. The Balaban J connectivity index is 1.80. The maximum Gasteiger partial charge on any atom is 0.316 e. The number of nitrogen functional groups attached to an aromatic ring is 1. The fourth-order valence-corrected chi connectivity index (χ4v) is 4.53. The quantitative estimate of drug-likeness (QED) is 0.363. The Hall–Kier alpha value is -3.21. The first kappa shape index (κ1) is 20.1. The second-order valence-corrected chi connectivity index (χ2v) is 8.06. The number of aryl methyl sites for hydroxylation is 1. The van der Waals surface area contributed by atoms with Gasteiger partial charge in [0.05, 0.1) is 23.2 Å². The summed E-state index contributed by atoms with van der Waals surface area (Å²) in [6.07, 6.45) is 3.71. The van der Waals surface area contributed by atoms with Crippen molar-refractivity contribution in [2.45, 2.75) is 44.9 Å². The number of benzene rings is 2. The summed E-state index contributed by atoms with van der Waals surface area (Å²) in [4.78, 5) is 17.8. The van der Waals surface area contributed by atoms with Gasteiger partial charge in [0.25, 0.3) is 0 Å². The van der Waals surface area contributed by atoms with Gasteiger partial charge in [-0.05, 0) is 49.9 Å². The van der Waals surface area contributed by atoms with E-state index in [1.54, 1.807) is 0 Å². The average Bonchev–Trinajstić information content (AvgIpc) is 3.25. The van der Waals surface area contributed by atoms with E-state index in [0.29, 0.717) is 12.2 Å². The number of esters is 1. The smallest absolute Gasteiger partial charge is 0.316 e. The Morgan fingerprint density at radius 1 is 1.13 bits per heavy atom. The Morgan fingerprint density at radius 2 is 1.83 bits per heavy atom. The van der Waals surface area contributed by atoms with Crippen molar-refractivity contribution in [3.8, 4) is 11.3 Å². The standard InChI is InChI=1S/C25H27N3O2/c1-3-30-24(29)25(12-4-5-13-25)19-10-11-20-16(2)14-21(28-22(20)15-19)17-6-8-18(9-7-17)23(26)27/h6-11,14-15H,3-5,12-13H2,1-2H3,(H3,26,27). The van der Waals surface area contributed by atoms with Gasteiger partial charge in [-0.1, -0.05) is 49.2 Å². The van der Waals surface area contributed by atoms with E-state index >= 15 is 0 Å². The number of pyridine rings is 1. The minimum atomic E-state index is -0.557. The summed E-state index contributed by atoms with van der Waals surface area (Å²) in [5, 5.41) is 8.65. The minimum absolute atomic E-state index is 0.0506. The molecule has 0 saturated heterocycles. The number of carbonyl (C=O) groups is 1. The number of nitrogens with two attached hydrogens (primary N) is 1. The van der Waals surface area contributed by atoms with Crippen molar-refractivity contribution < 1.29 is 9.53 Å². The number of aromatic nitrogens is 1. The van der Waals surface area contributed by atoms with Crippen LogP contribution < -0.4 is 5.73 Å². The Bertz CT molecular complexity index is 1110. The van der Waals surface area contributed by atoms with Gasteiger partial charge in [0.1, 0.15) is 5.84 Å². The molecule has 30 heavy (non-hydrogen) atoms. The molecule has 1 aliphatic rings. The number of nitrogens with zero attached hydrogens (tertiary/aromatic N) is 1. The van der Waals surface area contributed by atoms with Gasteiger partial charge in [0.2, 0.25) is 0 Å². The molecular formula is C25H27N3O2. The molecule has 0 aliphatic heterocycles. The summed E-state index contributed by atoms with van der Waals surface area (Å²) < 4.78 is 5.46. The lowest BCUT2D eigenvalue weighted by molar-refractivity contribution is -0.150. The Kier molecular flexibility index (Phi) is 5.29. The molecule has 4 rings (SSSR count). The molecule has 0 bridgehead atoms. The van der Waals surface area contributed by atoms with E-state index in [0.717, 1.165) is 59.0 Å². The number of hydrogen-bond donors (Lipinski definition) is 2. The highest BCUT2D eigenvalue weighted by Crippen LogP contribution is 2.43. The highest BCUT2D eigenvalue weighted by molar-refractivity contribution is 5.95. The van der Waals surface area contributed by atoms with Crippen molar-refractivity contribution in [1.29, 1.82) is 5.41 Å². The van der Waals surface area contributed by atoms with Crippen LogP contribution in [0.3, 0.4) is 0 Å². The third kappa shape index (κ3) is 3.45. The molecule has 0 spiro atoms. The molecule has 1 aliphatic carbocycles. The molecule has 5 nitrogen and oxygen atoms in total. The third-order valence-electron chi connectivity index (χ3n) is 6.18. The number of fused-ring (bicyclic) bond motifs is 1. The van der Waals surface area contributed by atoms with E-state index in [9.17, 15) is 4.79 Å². The van der Waals surface area contributed by atoms with Crippen molar-refractivity contribution in [2.75, 3.05) is 6.61 Å². The molecule has 0 atom stereocenters. The molecule has 1 heterocycles. The van der Waals surface area contributed by atoms with Crippen LogP contribution in [0.25, 0.3) is 22.2 Å². The van der Waals surface area contributed by atoms with Crippen molar-refractivity contribution >= 4 is 22.7 Å². The SMILES string of the molecule is CCOC(=O)C1(c2ccc3c(C)cc(-c4ccc(C(=N)N)cc4)nc3c2)CCCC1. The van der Waals surface area contributed by atoms with Gasteiger partial charge >= 0.3 is 5.97 Å². The lowest BCUT2D eigenvalue weighted by Crippen LogP contribution is -2.34.